The number of para-hydroxylation sites is 1. The number of nitrogens with two attached hydrogens (primary N) is 1. The van der Waals surface area contributed by atoms with Crippen molar-refractivity contribution in [1.82, 2.24) is 0 Å². The summed E-state index contributed by atoms with van der Waals surface area (Å²) in [5, 5.41) is 4.65. The maximum atomic E-state index is 6.23. The molecule has 5 heteroatoms. The van der Waals surface area contributed by atoms with Crippen LogP contribution in [0.15, 0.2) is 60.7 Å². The van der Waals surface area contributed by atoms with Crippen molar-refractivity contribution in [3.8, 4) is 11.3 Å². The van der Waals surface area contributed by atoms with Crippen LogP contribution in [0.5, 0.6) is 0 Å². The second-order valence-electron chi connectivity index (χ2n) is 5.89. The molecule has 0 aliphatic carbocycles. The number of benzene rings is 3. The molecule has 0 radical (unpaired) electrons. The predicted molar refractivity (Wildman–Crippen MR) is 102 cm³/mol. The maximum Gasteiger partial charge on any atom is 0.220 e. The first-order valence-electron chi connectivity index (χ1n) is 7.61. The molecule has 0 spiro atoms. The summed E-state index contributed by atoms with van der Waals surface area (Å²) in [6, 6.07) is 19.9. The molecule has 0 aliphatic heterocycles. The first-order valence-corrected chi connectivity index (χ1v) is 8.36. The Hall–Kier alpha value is -2.00. The largest absolute Gasteiger partial charge is 1.00 e. The van der Waals surface area contributed by atoms with Crippen LogP contribution in [0.2, 0.25) is 10.0 Å². The van der Waals surface area contributed by atoms with Crippen molar-refractivity contribution in [2.45, 2.75) is 0 Å². The number of halogens is 3. The van der Waals surface area contributed by atoms with E-state index in [0.29, 0.717) is 10.0 Å². The molecule has 0 amide bonds. The van der Waals surface area contributed by atoms with E-state index < -0.39 is 0 Å². The first-order chi connectivity index (χ1) is 11.5. The molecule has 0 saturated carbocycles. The monoisotopic (exact) mass is 388 g/mol. The normalized spacial score (nSPS) is 10.8. The van der Waals surface area contributed by atoms with Gasteiger partial charge in [0, 0.05) is 32.7 Å². The number of aromatic nitrogens is 1. The van der Waals surface area contributed by atoms with Crippen LogP contribution in [0, 0.1) is 0 Å². The lowest BCUT2D eigenvalue weighted by Gasteiger charge is -2.10. The van der Waals surface area contributed by atoms with Gasteiger partial charge in [-0.15, -0.1) is 0 Å². The van der Waals surface area contributed by atoms with Gasteiger partial charge in [-0.1, -0.05) is 41.4 Å². The fourth-order valence-electron chi connectivity index (χ4n) is 3.33. The van der Waals surface area contributed by atoms with Crippen LogP contribution >= 0.6 is 23.2 Å². The van der Waals surface area contributed by atoms with Crippen LogP contribution in [-0.2, 0) is 7.05 Å². The van der Waals surface area contributed by atoms with Gasteiger partial charge in [0.25, 0.3) is 0 Å². The van der Waals surface area contributed by atoms with Gasteiger partial charge in [0.05, 0.1) is 10.8 Å². The minimum atomic E-state index is 0. The van der Waals surface area contributed by atoms with E-state index in [1.165, 1.54) is 5.39 Å². The first kappa shape index (κ1) is 17.8. The Kier molecular flexibility index (Phi) is 4.79. The second-order valence-corrected chi connectivity index (χ2v) is 6.76. The van der Waals surface area contributed by atoms with Crippen molar-refractivity contribution in [3.63, 3.8) is 0 Å². The number of nitrogen functional groups attached to an aromatic ring is 1. The number of anilines is 1. The Balaban J connectivity index is 0.00000182. The summed E-state index contributed by atoms with van der Waals surface area (Å²) in [4.78, 5) is 0. The van der Waals surface area contributed by atoms with Gasteiger partial charge in [-0.3, -0.25) is 0 Å². The van der Waals surface area contributed by atoms with Crippen LogP contribution in [0.3, 0.4) is 0 Å². The molecule has 0 bridgehead atoms. The Morgan fingerprint density at radius 2 is 1.48 bits per heavy atom. The lowest BCUT2D eigenvalue weighted by Crippen LogP contribution is -3.00. The molecule has 2 nitrogen and oxygen atoms in total. The standard InChI is InChI=1S/C20H15Cl2N2.ClH/c1-24-19-5-3-2-4-17(19)16-7-6-15(23)11-18(16)20(24)12-8-13(21)10-14(22)9-12;/h2-11H,23H2,1H3;1H/q+1;/p-1. The van der Waals surface area contributed by atoms with Gasteiger partial charge in [-0.05, 0) is 36.4 Å². The summed E-state index contributed by atoms with van der Waals surface area (Å²) in [7, 11) is 2.05. The SMILES string of the molecule is C[n+]1c(-c2cc(Cl)cc(Cl)c2)c2cc(N)ccc2c2ccccc21.[Cl-]. The second kappa shape index (κ2) is 6.72. The zero-order chi connectivity index (χ0) is 16.8. The number of hydrogen-bond donors (Lipinski definition) is 1. The Bertz CT molecular complexity index is 1090. The highest BCUT2D eigenvalue weighted by Crippen LogP contribution is 2.34. The van der Waals surface area contributed by atoms with Crippen LogP contribution < -0.4 is 22.7 Å². The van der Waals surface area contributed by atoms with Gasteiger partial charge in [0.15, 0.2) is 0 Å². The number of fused-ring (bicyclic) bond motifs is 3. The molecule has 0 aliphatic rings. The van der Waals surface area contributed by atoms with E-state index in [2.05, 4.69) is 29.8 Å². The van der Waals surface area contributed by atoms with Gasteiger partial charge in [-0.2, -0.15) is 4.57 Å². The number of hydrogen-bond acceptors (Lipinski definition) is 1. The molecule has 0 atom stereocenters. The summed E-state index contributed by atoms with van der Waals surface area (Å²) < 4.78 is 2.17. The smallest absolute Gasteiger partial charge is 0.220 e. The van der Waals surface area contributed by atoms with E-state index in [0.717, 1.165) is 33.2 Å². The van der Waals surface area contributed by atoms with Crippen molar-refractivity contribution >= 4 is 50.6 Å². The van der Waals surface area contributed by atoms with Gasteiger partial charge in [0.2, 0.25) is 11.2 Å². The van der Waals surface area contributed by atoms with Crippen molar-refractivity contribution in [1.29, 1.82) is 0 Å². The topological polar surface area (TPSA) is 29.9 Å². The van der Waals surface area contributed by atoms with Gasteiger partial charge < -0.3 is 18.1 Å². The average Bonchev–Trinajstić information content (AvgIpc) is 2.54. The molecule has 3 aromatic carbocycles. The van der Waals surface area contributed by atoms with Crippen molar-refractivity contribution < 1.29 is 17.0 Å². The van der Waals surface area contributed by atoms with Crippen LogP contribution in [-0.4, -0.2) is 0 Å². The van der Waals surface area contributed by atoms with Crippen molar-refractivity contribution in [3.05, 3.63) is 70.7 Å². The Morgan fingerprint density at radius 3 is 2.20 bits per heavy atom. The fraction of sp³-hybridized carbons (Fsp3) is 0.0500. The molecular formula is C20H15Cl3N2. The molecule has 0 unspecified atom stereocenters. The third kappa shape index (κ3) is 3.02. The molecule has 0 saturated heterocycles. The summed E-state index contributed by atoms with van der Waals surface area (Å²) in [6.45, 7) is 0. The molecule has 0 fully saturated rings. The highest BCUT2D eigenvalue weighted by atomic mass is 35.5. The lowest BCUT2D eigenvalue weighted by molar-refractivity contribution is -0.632. The van der Waals surface area contributed by atoms with Crippen LogP contribution in [0.4, 0.5) is 5.69 Å². The fourth-order valence-corrected chi connectivity index (χ4v) is 3.85. The zero-order valence-electron chi connectivity index (χ0n) is 13.4. The Morgan fingerprint density at radius 1 is 0.800 bits per heavy atom. The lowest BCUT2D eigenvalue weighted by atomic mass is 9.99. The molecule has 1 heterocycles. The molecule has 126 valence electrons. The van der Waals surface area contributed by atoms with Gasteiger partial charge in [-0.25, -0.2) is 0 Å². The van der Waals surface area contributed by atoms with Crippen LogP contribution in [0.1, 0.15) is 0 Å². The maximum absolute atomic E-state index is 6.23. The number of rotatable bonds is 1. The van der Waals surface area contributed by atoms with E-state index in [4.69, 9.17) is 28.9 Å². The summed E-state index contributed by atoms with van der Waals surface area (Å²) in [5.41, 5.74) is 9.94. The van der Waals surface area contributed by atoms with Gasteiger partial charge in [0.1, 0.15) is 7.05 Å². The summed E-state index contributed by atoms with van der Waals surface area (Å²) in [5.74, 6) is 0. The van der Waals surface area contributed by atoms with Crippen molar-refractivity contribution in [2.24, 2.45) is 7.05 Å². The predicted octanol–water partition coefficient (Wildman–Crippen LogP) is 2.38. The highest BCUT2D eigenvalue weighted by Gasteiger charge is 2.21. The molecule has 1 aromatic heterocycles. The zero-order valence-corrected chi connectivity index (χ0v) is 15.7. The third-order valence-corrected chi connectivity index (χ3v) is 4.76. The van der Waals surface area contributed by atoms with Crippen molar-refractivity contribution in [2.75, 3.05) is 5.73 Å². The summed E-state index contributed by atoms with van der Waals surface area (Å²) >= 11 is 12.5. The molecule has 4 rings (SSSR count). The Labute approximate surface area is 162 Å². The van der Waals surface area contributed by atoms with E-state index in [-0.39, 0.29) is 12.4 Å². The highest BCUT2D eigenvalue weighted by molar-refractivity contribution is 6.35. The van der Waals surface area contributed by atoms with Crippen LogP contribution in [0.25, 0.3) is 32.9 Å². The number of aryl methyl sites for hydroxylation is 1. The van der Waals surface area contributed by atoms with E-state index >= 15 is 0 Å². The van der Waals surface area contributed by atoms with E-state index in [1.807, 2.05) is 36.4 Å². The van der Waals surface area contributed by atoms with E-state index in [1.54, 1.807) is 6.07 Å². The summed E-state index contributed by atoms with van der Waals surface area (Å²) in [6.07, 6.45) is 0. The molecule has 25 heavy (non-hydrogen) atoms. The molecular weight excluding hydrogens is 375 g/mol. The minimum Gasteiger partial charge on any atom is -1.00 e. The number of nitrogens with zero attached hydrogens (tertiary/aromatic N) is 1. The van der Waals surface area contributed by atoms with E-state index in [9.17, 15) is 0 Å². The molecule has 4 aromatic rings. The third-order valence-electron chi connectivity index (χ3n) is 4.33. The quantitative estimate of drug-likeness (QED) is 0.302. The van der Waals surface area contributed by atoms with Gasteiger partial charge >= 0.3 is 0 Å². The molecule has 2 N–H and O–H groups in total. The number of pyridine rings is 1. The minimum absolute atomic E-state index is 0. The average molecular weight is 390 g/mol.